The quantitative estimate of drug-likeness (QED) is 0.712. The van der Waals surface area contributed by atoms with Crippen LogP contribution < -0.4 is 5.63 Å². The summed E-state index contributed by atoms with van der Waals surface area (Å²) < 4.78 is 5.09. The van der Waals surface area contributed by atoms with Gasteiger partial charge in [-0.3, -0.25) is 4.79 Å². The molecule has 3 heterocycles. The van der Waals surface area contributed by atoms with Gasteiger partial charge in [0.1, 0.15) is 5.76 Å². The van der Waals surface area contributed by atoms with Crippen molar-refractivity contribution in [1.82, 2.24) is 14.9 Å². The molecule has 0 spiro atoms. The topological polar surface area (TPSA) is 76.3 Å². The lowest BCUT2D eigenvalue weighted by Crippen LogP contribution is -2.27. The van der Waals surface area contributed by atoms with Crippen molar-refractivity contribution in [2.24, 2.45) is 0 Å². The van der Waals surface area contributed by atoms with Gasteiger partial charge in [0.25, 0.3) is 5.91 Å². The zero-order chi connectivity index (χ0) is 18.3. The molecule has 0 radical (unpaired) electrons. The Kier molecular flexibility index (Phi) is 3.88. The summed E-state index contributed by atoms with van der Waals surface area (Å²) in [6.45, 7) is 4.24. The van der Waals surface area contributed by atoms with E-state index in [1.165, 1.54) is 6.07 Å². The number of hydrogen-bond acceptors (Lipinski definition) is 5. The predicted molar refractivity (Wildman–Crippen MR) is 95.5 cm³/mol. The fraction of sp³-hybridized carbons (Fsp3) is 0.200. The van der Waals surface area contributed by atoms with Crippen molar-refractivity contribution in [2.75, 3.05) is 0 Å². The van der Waals surface area contributed by atoms with Crippen molar-refractivity contribution in [3.8, 4) is 11.4 Å². The molecular weight excluding hydrogens is 330 g/mol. The summed E-state index contributed by atoms with van der Waals surface area (Å²) in [4.78, 5) is 35.1. The van der Waals surface area contributed by atoms with E-state index in [9.17, 15) is 9.59 Å². The molecule has 0 atom stereocenters. The van der Waals surface area contributed by atoms with Gasteiger partial charge in [0.15, 0.2) is 5.82 Å². The first-order chi connectivity index (χ1) is 12.5. The van der Waals surface area contributed by atoms with E-state index in [0.29, 0.717) is 35.8 Å². The van der Waals surface area contributed by atoms with Crippen molar-refractivity contribution in [1.29, 1.82) is 0 Å². The monoisotopic (exact) mass is 347 g/mol. The Bertz CT molecular complexity index is 1030. The van der Waals surface area contributed by atoms with Crippen molar-refractivity contribution in [2.45, 2.75) is 26.9 Å². The normalized spacial score (nSPS) is 12.9. The van der Waals surface area contributed by atoms with Gasteiger partial charge in [-0.2, -0.15) is 0 Å². The maximum atomic E-state index is 12.9. The fourth-order valence-electron chi connectivity index (χ4n) is 3.26. The molecule has 6 nitrogen and oxygen atoms in total. The molecule has 6 heteroatoms. The SMILES string of the molecule is Cc1cc(=O)oc(C)c1C(=O)N1Cc2cnc(-c3ccccc3)nc2C1. The Labute approximate surface area is 150 Å². The second-order valence-corrected chi connectivity index (χ2v) is 6.37. The van der Waals surface area contributed by atoms with Crippen LogP contribution in [0.25, 0.3) is 11.4 Å². The molecule has 1 amide bonds. The van der Waals surface area contributed by atoms with Gasteiger partial charge in [-0.05, 0) is 19.4 Å². The molecule has 1 aromatic carbocycles. The summed E-state index contributed by atoms with van der Waals surface area (Å²) in [6.07, 6.45) is 1.78. The van der Waals surface area contributed by atoms with E-state index in [1.54, 1.807) is 24.9 Å². The van der Waals surface area contributed by atoms with Gasteiger partial charge in [-0.15, -0.1) is 0 Å². The third-order valence-corrected chi connectivity index (χ3v) is 4.52. The van der Waals surface area contributed by atoms with Crippen LogP contribution in [0.3, 0.4) is 0 Å². The Balaban J connectivity index is 1.63. The molecule has 3 aromatic rings. The summed E-state index contributed by atoms with van der Waals surface area (Å²) in [6, 6.07) is 11.1. The summed E-state index contributed by atoms with van der Waals surface area (Å²) in [5, 5.41) is 0. The smallest absolute Gasteiger partial charge is 0.336 e. The lowest BCUT2D eigenvalue weighted by Gasteiger charge is -2.17. The molecule has 0 fully saturated rings. The first-order valence-electron chi connectivity index (χ1n) is 8.34. The number of nitrogens with zero attached hydrogens (tertiary/aromatic N) is 3. The first-order valence-corrected chi connectivity index (χ1v) is 8.34. The number of aromatic nitrogens is 2. The lowest BCUT2D eigenvalue weighted by molar-refractivity contribution is 0.0745. The zero-order valence-corrected chi connectivity index (χ0v) is 14.5. The lowest BCUT2D eigenvalue weighted by atomic mass is 10.1. The molecule has 0 saturated heterocycles. The Morgan fingerprint density at radius 2 is 1.92 bits per heavy atom. The molecule has 26 heavy (non-hydrogen) atoms. The average Bonchev–Trinajstić information content (AvgIpc) is 3.05. The second-order valence-electron chi connectivity index (χ2n) is 6.37. The van der Waals surface area contributed by atoms with Crippen LogP contribution in [0.2, 0.25) is 0 Å². The summed E-state index contributed by atoms with van der Waals surface area (Å²) in [7, 11) is 0. The number of fused-ring (bicyclic) bond motifs is 1. The minimum absolute atomic E-state index is 0.164. The number of aryl methyl sites for hydroxylation is 2. The molecule has 0 saturated carbocycles. The highest BCUT2D eigenvalue weighted by atomic mass is 16.4. The van der Waals surface area contributed by atoms with Gasteiger partial charge < -0.3 is 9.32 Å². The van der Waals surface area contributed by atoms with Gasteiger partial charge in [-0.1, -0.05) is 30.3 Å². The van der Waals surface area contributed by atoms with Gasteiger partial charge in [0.05, 0.1) is 17.8 Å². The molecule has 0 N–H and O–H groups in total. The average molecular weight is 347 g/mol. The van der Waals surface area contributed by atoms with E-state index < -0.39 is 5.63 Å². The van der Waals surface area contributed by atoms with Crippen molar-refractivity contribution < 1.29 is 9.21 Å². The van der Waals surface area contributed by atoms with Gasteiger partial charge >= 0.3 is 5.63 Å². The Morgan fingerprint density at radius 3 is 2.65 bits per heavy atom. The van der Waals surface area contributed by atoms with Crippen LogP contribution >= 0.6 is 0 Å². The number of rotatable bonds is 2. The number of amides is 1. The van der Waals surface area contributed by atoms with Crippen LogP contribution in [0.5, 0.6) is 0 Å². The third kappa shape index (κ3) is 2.79. The molecule has 2 aromatic heterocycles. The maximum absolute atomic E-state index is 12.9. The highest BCUT2D eigenvalue weighted by Crippen LogP contribution is 2.26. The number of hydrogen-bond donors (Lipinski definition) is 0. The molecular formula is C20H17N3O3. The molecule has 0 bridgehead atoms. The van der Waals surface area contributed by atoms with Crippen LogP contribution in [-0.4, -0.2) is 20.8 Å². The van der Waals surface area contributed by atoms with Crippen LogP contribution in [0.4, 0.5) is 0 Å². The summed E-state index contributed by atoms with van der Waals surface area (Å²) in [5.41, 5.74) is 3.34. The molecule has 1 aliphatic heterocycles. The maximum Gasteiger partial charge on any atom is 0.336 e. The van der Waals surface area contributed by atoms with Crippen molar-refractivity contribution >= 4 is 5.91 Å². The molecule has 4 rings (SSSR count). The number of carbonyl (C=O) groups is 1. The van der Waals surface area contributed by atoms with E-state index in [1.807, 2.05) is 30.3 Å². The van der Waals surface area contributed by atoms with E-state index in [2.05, 4.69) is 9.97 Å². The molecule has 0 aliphatic carbocycles. The van der Waals surface area contributed by atoms with Crippen LogP contribution in [-0.2, 0) is 13.1 Å². The highest BCUT2D eigenvalue weighted by Gasteiger charge is 2.28. The van der Waals surface area contributed by atoms with Crippen molar-refractivity contribution in [3.63, 3.8) is 0 Å². The summed E-state index contributed by atoms with van der Waals surface area (Å²) in [5.74, 6) is 0.826. The number of carbonyl (C=O) groups excluding carboxylic acids is 1. The second kappa shape index (κ2) is 6.22. The highest BCUT2D eigenvalue weighted by molar-refractivity contribution is 5.96. The van der Waals surface area contributed by atoms with E-state index in [-0.39, 0.29) is 5.91 Å². The van der Waals surface area contributed by atoms with Crippen LogP contribution in [0.1, 0.15) is 32.9 Å². The van der Waals surface area contributed by atoms with Crippen LogP contribution in [0.15, 0.2) is 51.8 Å². The van der Waals surface area contributed by atoms with Crippen LogP contribution in [0, 0.1) is 13.8 Å². The summed E-state index contributed by atoms with van der Waals surface area (Å²) >= 11 is 0. The van der Waals surface area contributed by atoms with E-state index >= 15 is 0 Å². The standard InChI is InChI=1S/C20H17N3O3/c1-12-8-17(24)26-13(2)18(12)20(25)23-10-15-9-21-19(22-16(15)11-23)14-6-4-3-5-7-14/h3-9H,10-11H2,1-2H3. The van der Waals surface area contributed by atoms with Gasteiger partial charge in [-0.25, -0.2) is 14.8 Å². The van der Waals surface area contributed by atoms with E-state index in [0.717, 1.165) is 16.8 Å². The first kappa shape index (κ1) is 16.2. The minimum Gasteiger partial charge on any atom is -0.427 e. The Hall–Kier alpha value is -3.28. The molecule has 130 valence electrons. The molecule has 1 aliphatic rings. The van der Waals surface area contributed by atoms with Gasteiger partial charge in [0.2, 0.25) is 0 Å². The molecule has 0 unspecified atom stereocenters. The minimum atomic E-state index is -0.445. The van der Waals surface area contributed by atoms with E-state index in [4.69, 9.17) is 4.42 Å². The fourth-order valence-corrected chi connectivity index (χ4v) is 3.26. The number of benzene rings is 1. The van der Waals surface area contributed by atoms with Crippen molar-refractivity contribution in [3.05, 3.63) is 81.2 Å². The van der Waals surface area contributed by atoms with Gasteiger partial charge in [0, 0.05) is 29.9 Å². The third-order valence-electron chi connectivity index (χ3n) is 4.52. The largest absolute Gasteiger partial charge is 0.427 e. The Morgan fingerprint density at radius 1 is 1.15 bits per heavy atom. The zero-order valence-electron chi connectivity index (χ0n) is 14.5. The predicted octanol–water partition coefficient (Wildman–Crippen LogP) is 2.87.